The molecule has 100 valence electrons. The first-order valence-corrected chi connectivity index (χ1v) is 6.99. The molecule has 0 amide bonds. The number of nitrogens with two attached hydrogens (primary N) is 1. The lowest BCUT2D eigenvalue weighted by Crippen LogP contribution is -2.30. The lowest BCUT2D eigenvalue weighted by Gasteiger charge is -2.30. The number of nitrogen functional groups attached to an aromatic ring is 1. The van der Waals surface area contributed by atoms with Crippen molar-refractivity contribution in [2.75, 3.05) is 17.7 Å². The molecule has 1 fully saturated rings. The summed E-state index contributed by atoms with van der Waals surface area (Å²) in [5, 5.41) is 3.61. The van der Waals surface area contributed by atoms with Gasteiger partial charge in [-0.2, -0.15) is 0 Å². The van der Waals surface area contributed by atoms with E-state index in [0.29, 0.717) is 12.6 Å². The summed E-state index contributed by atoms with van der Waals surface area (Å²) in [5.41, 5.74) is 7.75. The fourth-order valence-corrected chi connectivity index (χ4v) is 2.70. The van der Waals surface area contributed by atoms with Crippen molar-refractivity contribution in [2.24, 2.45) is 5.92 Å². The lowest BCUT2D eigenvalue weighted by atomic mass is 9.86. The average Bonchev–Trinajstić information content (AvgIpc) is 2.32. The van der Waals surface area contributed by atoms with Gasteiger partial charge in [0.15, 0.2) is 0 Å². The van der Waals surface area contributed by atoms with E-state index in [9.17, 15) is 0 Å². The molecule has 1 saturated carbocycles. The lowest BCUT2D eigenvalue weighted by molar-refractivity contribution is 0.339. The minimum absolute atomic E-state index is 0.565. The first-order chi connectivity index (χ1) is 8.69. The highest BCUT2D eigenvalue weighted by Gasteiger charge is 2.21. The normalized spacial score (nSPS) is 23.7. The molecule has 1 aromatic carbocycles. The highest BCUT2D eigenvalue weighted by atomic mass is 16.5. The van der Waals surface area contributed by atoms with E-state index in [2.05, 4.69) is 12.2 Å². The van der Waals surface area contributed by atoms with E-state index in [0.717, 1.165) is 23.0 Å². The monoisotopic (exact) mass is 248 g/mol. The van der Waals surface area contributed by atoms with Gasteiger partial charge in [0.2, 0.25) is 0 Å². The molecule has 0 spiro atoms. The zero-order valence-electron chi connectivity index (χ0n) is 11.4. The smallest absolute Gasteiger partial charge is 0.123 e. The van der Waals surface area contributed by atoms with E-state index < -0.39 is 0 Å². The van der Waals surface area contributed by atoms with Crippen LogP contribution in [-0.2, 0) is 0 Å². The Morgan fingerprint density at radius 2 is 2.06 bits per heavy atom. The molecular weight excluding hydrogens is 224 g/mol. The molecule has 0 heterocycles. The Morgan fingerprint density at radius 1 is 1.28 bits per heavy atom. The van der Waals surface area contributed by atoms with Gasteiger partial charge in [0.25, 0.3) is 0 Å². The van der Waals surface area contributed by atoms with Gasteiger partial charge < -0.3 is 15.8 Å². The summed E-state index contributed by atoms with van der Waals surface area (Å²) in [4.78, 5) is 0. The predicted octanol–water partition coefficient (Wildman–Crippen LogP) is 3.66. The average molecular weight is 248 g/mol. The van der Waals surface area contributed by atoms with E-state index in [1.165, 1.54) is 25.7 Å². The Labute approximate surface area is 110 Å². The van der Waals surface area contributed by atoms with Gasteiger partial charge in [-0.15, -0.1) is 0 Å². The van der Waals surface area contributed by atoms with Gasteiger partial charge in [0, 0.05) is 29.5 Å². The van der Waals surface area contributed by atoms with E-state index in [1.54, 1.807) is 0 Å². The number of nitrogens with one attached hydrogen (secondary N) is 1. The van der Waals surface area contributed by atoms with Crippen LogP contribution in [0, 0.1) is 5.92 Å². The molecule has 0 aromatic heterocycles. The SMILES string of the molecule is CCOc1cc(N)cc(NC2CCCCC2C)c1. The van der Waals surface area contributed by atoms with Crippen molar-refractivity contribution in [1.29, 1.82) is 0 Å². The maximum Gasteiger partial charge on any atom is 0.123 e. The van der Waals surface area contributed by atoms with Gasteiger partial charge in [-0.25, -0.2) is 0 Å². The van der Waals surface area contributed by atoms with Crippen LogP contribution in [0.15, 0.2) is 18.2 Å². The highest BCUT2D eigenvalue weighted by molar-refractivity contribution is 5.59. The summed E-state index contributed by atoms with van der Waals surface area (Å²) in [7, 11) is 0. The number of ether oxygens (including phenoxy) is 1. The zero-order valence-corrected chi connectivity index (χ0v) is 11.4. The van der Waals surface area contributed by atoms with E-state index in [4.69, 9.17) is 10.5 Å². The Balaban J connectivity index is 2.07. The van der Waals surface area contributed by atoms with Crippen molar-refractivity contribution in [3.8, 4) is 5.75 Å². The minimum Gasteiger partial charge on any atom is -0.494 e. The van der Waals surface area contributed by atoms with Crippen molar-refractivity contribution in [3.63, 3.8) is 0 Å². The first-order valence-electron chi connectivity index (χ1n) is 6.99. The molecule has 2 atom stereocenters. The molecule has 1 aromatic rings. The summed E-state index contributed by atoms with van der Waals surface area (Å²) in [6, 6.07) is 6.47. The third kappa shape index (κ3) is 3.31. The van der Waals surface area contributed by atoms with E-state index in [1.807, 2.05) is 25.1 Å². The molecule has 0 aliphatic heterocycles. The number of benzene rings is 1. The van der Waals surface area contributed by atoms with Crippen LogP contribution < -0.4 is 15.8 Å². The van der Waals surface area contributed by atoms with Crippen molar-refractivity contribution < 1.29 is 4.74 Å². The summed E-state index contributed by atoms with van der Waals surface area (Å²) in [6.07, 6.45) is 5.25. The van der Waals surface area contributed by atoms with Crippen LogP contribution in [0.2, 0.25) is 0 Å². The van der Waals surface area contributed by atoms with Crippen LogP contribution in [-0.4, -0.2) is 12.6 Å². The molecule has 2 unspecified atom stereocenters. The number of rotatable bonds is 4. The standard InChI is InChI=1S/C15H24N2O/c1-3-18-14-9-12(16)8-13(10-14)17-15-7-5-4-6-11(15)2/h8-11,15,17H,3-7,16H2,1-2H3. The van der Waals surface area contributed by atoms with Gasteiger partial charge in [-0.3, -0.25) is 0 Å². The molecule has 0 radical (unpaired) electrons. The predicted molar refractivity (Wildman–Crippen MR) is 77.1 cm³/mol. The number of hydrogen-bond acceptors (Lipinski definition) is 3. The Kier molecular flexibility index (Phi) is 4.34. The molecule has 3 N–H and O–H groups in total. The van der Waals surface area contributed by atoms with Gasteiger partial charge in [-0.1, -0.05) is 19.8 Å². The topological polar surface area (TPSA) is 47.3 Å². The summed E-state index contributed by atoms with van der Waals surface area (Å²) < 4.78 is 5.52. The Morgan fingerprint density at radius 3 is 2.78 bits per heavy atom. The summed E-state index contributed by atoms with van der Waals surface area (Å²) in [5.74, 6) is 1.58. The molecule has 0 bridgehead atoms. The van der Waals surface area contributed by atoms with Gasteiger partial charge in [-0.05, 0) is 31.7 Å². The second kappa shape index (κ2) is 5.98. The molecule has 3 nitrogen and oxygen atoms in total. The van der Waals surface area contributed by atoms with Gasteiger partial charge >= 0.3 is 0 Å². The summed E-state index contributed by atoms with van der Waals surface area (Å²) in [6.45, 7) is 4.98. The largest absolute Gasteiger partial charge is 0.494 e. The molecule has 18 heavy (non-hydrogen) atoms. The second-order valence-electron chi connectivity index (χ2n) is 5.24. The second-order valence-corrected chi connectivity index (χ2v) is 5.24. The molecular formula is C15H24N2O. The van der Waals surface area contributed by atoms with Crippen LogP contribution in [0.4, 0.5) is 11.4 Å². The van der Waals surface area contributed by atoms with Gasteiger partial charge in [0.1, 0.15) is 5.75 Å². The Hall–Kier alpha value is -1.38. The molecule has 2 rings (SSSR count). The van der Waals surface area contributed by atoms with Crippen LogP contribution in [0.3, 0.4) is 0 Å². The van der Waals surface area contributed by atoms with Crippen LogP contribution >= 0.6 is 0 Å². The van der Waals surface area contributed by atoms with Gasteiger partial charge in [0.05, 0.1) is 6.61 Å². The Bertz CT molecular complexity index is 392. The third-order valence-electron chi connectivity index (χ3n) is 3.70. The fourth-order valence-electron chi connectivity index (χ4n) is 2.70. The number of anilines is 2. The third-order valence-corrected chi connectivity index (χ3v) is 3.70. The molecule has 1 aliphatic carbocycles. The minimum atomic E-state index is 0.565. The van der Waals surface area contributed by atoms with E-state index in [-0.39, 0.29) is 0 Å². The number of hydrogen-bond donors (Lipinski definition) is 2. The molecule has 0 saturated heterocycles. The van der Waals surface area contributed by atoms with Crippen molar-refractivity contribution in [3.05, 3.63) is 18.2 Å². The van der Waals surface area contributed by atoms with Crippen LogP contribution in [0.25, 0.3) is 0 Å². The zero-order chi connectivity index (χ0) is 13.0. The fraction of sp³-hybridized carbons (Fsp3) is 0.600. The van der Waals surface area contributed by atoms with Crippen molar-refractivity contribution in [1.82, 2.24) is 0 Å². The first kappa shape index (κ1) is 13.1. The van der Waals surface area contributed by atoms with Crippen LogP contribution in [0.1, 0.15) is 39.5 Å². The van der Waals surface area contributed by atoms with Crippen molar-refractivity contribution in [2.45, 2.75) is 45.6 Å². The quantitative estimate of drug-likeness (QED) is 0.799. The van der Waals surface area contributed by atoms with E-state index >= 15 is 0 Å². The maximum absolute atomic E-state index is 5.91. The van der Waals surface area contributed by atoms with Crippen molar-refractivity contribution >= 4 is 11.4 Å². The summed E-state index contributed by atoms with van der Waals surface area (Å²) >= 11 is 0. The van der Waals surface area contributed by atoms with Crippen LogP contribution in [0.5, 0.6) is 5.75 Å². The maximum atomic E-state index is 5.91. The highest BCUT2D eigenvalue weighted by Crippen LogP contribution is 2.29. The molecule has 1 aliphatic rings. The molecule has 3 heteroatoms.